The zero-order valence-electron chi connectivity index (χ0n) is 12.9. The molecule has 2 aromatic heterocycles. The molecule has 1 atom stereocenters. The molecule has 2 aromatic rings. The van der Waals surface area contributed by atoms with E-state index in [1.54, 1.807) is 19.4 Å². The van der Waals surface area contributed by atoms with Crippen LogP contribution in [0.2, 0.25) is 0 Å². The molecule has 6 heteroatoms. The van der Waals surface area contributed by atoms with E-state index in [2.05, 4.69) is 14.5 Å². The maximum atomic E-state index is 12.8. The van der Waals surface area contributed by atoms with Crippen LogP contribution in [0, 0.1) is 12.8 Å². The monoisotopic (exact) mass is 300 g/mol. The molecular formula is C16H20N4O2. The van der Waals surface area contributed by atoms with Crippen molar-refractivity contribution in [2.24, 2.45) is 5.92 Å². The number of hydrogen-bond acceptors (Lipinski definition) is 4. The van der Waals surface area contributed by atoms with Gasteiger partial charge >= 0.3 is 0 Å². The van der Waals surface area contributed by atoms with Crippen LogP contribution >= 0.6 is 0 Å². The Kier molecular flexibility index (Phi) is 4.20. The van der Waals surface area contributed by atoms with Crippen LogP contribution in [0.3, 0.4) is 0 Å². The van der Waals surface area contributed by atoms with Crippen molar-refractivity contribution in [1.82, 2.24) is 19.4 Å². The average Bonchev–Trinajstić information content (AvgIpc) is 2.86. The number of amides is 1. The van der Waals surface area contributed by atoms with Crippen molar-refractivity contribution in [1.29, 1.82) is 0 Å². The lowest BCUT2D eigenvalue weighted by Crippen LogP contribution is -2.35. The van der Waals surface area contributed by atoms with E-state index in [1.165, 1.54) is 0 Å². The van der Waals surface area contributed by atoms with Crippen molar-refractivity contribution >= 4 is 5.91 Å². The van der Waals surface area contributed by atoms with Crippen molar-refractivity contribution in [2.45, 2.75) is 20.0 Å². The van der Waals surface area contributed by atoms with Crippen LogP contribution in [-0.2, 0) is 17.8 Å². The fourth-order valence-corrected chi connectivity index (χ4v) is 2.86. The number of carbonyl (C=O) groups excluding carboxylic acids is 1. The van der Waals surface area contributed by atoms with Gasteiger partial charge in [0.25, 0.3) is 5.91 Å². The number of ether oxygens (including phenoxy) is 1. The van der Waals surface area contributed by atoms with Gasteiger partial charge in [0.05, 0.1) is 13.2 Å². The molecule has 0 bridgehead atoms. The molecule has 3 heterocycles. The summed E-state index contributed by atoms with van der Waals surface area (Å²) in [5, 5.41) is 0. The van der Waals surface area contributed by atoms with Crippen LogP contribution < -0.4 is 0 Å². The normalized spacial score (nSPS) is 17.9. The number of pyridine rings is 1. The third kappa shape index (κ3) is 3.01. The number of imidazole rings is 1. The molecule has 3 rings (SSSR count). The van der Waals surface area contributed by atoms with Crippen molar-refractivity contribution in [3.63, 3.8) is 0 Å². The van der Waals surface area contributed by atoms with Gasteiger partial charge in [-0.1, -0.05) is 6.07 Å². The maximum absolute atomic E-state index is 12.8. The van der Waals surface area contributed by atoms with Gasteiger partial charge in [0.2, 0.25) is 0 Å². The number of carbonyl (C=O) groups is 1. The molecular weight excluding hydrogens is 280 g/mol. The summed E-state index contributed by atoms with van der Waals surface area (Å²) < 4.78 is 7.39. The molecule has 0 N–H and O–H groups in total. The van der Waals surface area contributed by atoms with E-state index in [0.717, 1.165) is 18.1 Å². The van der Waals surface area contributed by atoms with Gasteiger partial charge in [-0.05, 0) is 19.1 Å². The van der Waals surface area contributed by atoms with E-state index < -0.39 is 0 Å². The van der Waals surface area contributed by atoms with Crippen molar-refractivity contribution in [3.8, 4) is 0 Å². The fourth-order valence-electron chi connectivity index (χ4n) is 2.86. The summed E-state index contributed by atoms with van der Waals surface area (Å²) in [4.78, 5) is 23.3. The highest BCUT2D eigenvalue weighted by Crippen LogP contribution is 2.17. The lowest BCUT2D eigenvalue weighted by atomic mass is 10.1. The quantitative estimate of drug-likeness (QED) is 0.862. The smallest absolute Gasteiger partial charge is 0.272 e. The predicted molar refractivity (Wildman–Crippen MR) is 81.3 cm³/mol. The summed E-state index contributed by atoms with van der Waals surface area (Å²) >= 11 is 0. The van der Waals surface area contributed by atoms with Gasteiger partial charge < -0.3 is 14.2 Å². The van der Waals surface area contributed by atoms with E-state index >= 15 is 0 Å². The Labute approximate surface area is 129 Å². The van der Waals surface area contributed by atoms with Crippen LogP contribution in [-0.4, -0.2) is 45.6 Å². The van der Waals surface area contributed by atoms with Gasteiger partial charge in [-0.25, -0.2) is 9.97 Å². The number of fused-ring (bicyclic) bond motifs is 1. The van der Waals surface area contributed by atoms with Gasteiger partial charge in [0.1, 0.15) is 11.5 Å². The zero-order chi connectivity index (χ0) is 15.5. The molecule has 22 heavy (non-hydrogen) atoms. The minimum Gasteiger partial charge on any atom is -0.384 e. The van der Waals surface area contributed by atoms with E-state index in [1.807, 2.05) is 30.2 Å². The molecule has 0 saturated carbocycles. The second-order valence-electron chi connectivity index (χ2n) is 5.67. The lowest BCUT2D eigenvalue weighted by Gasteiger charge is -2.23. The van der Waals surface area contributed by atoms with Crippen LogP contribution in [0.4, 0.5) is 0 Å². The number of methoxy groups -OCH3 is 1. The topological polar surface area (TPSA) is 60.2 Å². The van der Waals surface area contributed by atoms with E-state index in [-0.39, 0.29) is 11.8 Å². The van der Waals surface area contributed by atoms with Crippen LogP contribution in [0.25, 0.3) is 0 Å². The third-order valence-corrected chi connectivity index (χ3v) is 3.86. The largest absolute Gasteiger partial charge is 0.384 e. The lowest BCUT2D eigenvalue weighted by molar-refractivity contribution is 0.0660. The molecule has 0 fully saturated rings. The number of rotatable bonds is 3. The van der Waals surface area contributed by atoms with Gasteiger partial charge in [-0.3, -0.25) is 4.79 Å². The second kappa shape index (κ2) is 6.27. The average molecular weight is 300 g/mol. The summed E-state index contributed by atoms with van der Waals surface area (Å²) in [5.74, 6) is 1.09. The minimum absolute atomic E-state index is 0.0544. The predicted octanol–water partition coefficient (Wildman–Crippen LogP) is 1.51. The zero-order valence-corrected chi connectivity index (χ0v) is 12.9. The Morgan fingerprint density at radius 2 is 2.27 bits per heavy atom. The van der Waals surface area contributed by atoms with Crippen LogP contribution in [0.15, 0.2) is 30.6 Å². The molecule has 0 spiro atoms. The first-order valence-electron chi connectivity index (χ1n) is 7.39. The Morgan fingerprint density at radius 3 is 3.05 bits per heavy atom. The van der Waals surface area contributed by atoms with Crippen LogP contribution in [0.1, 0.15) is 22.0 Å². The first-order chi connectivity index (χ1) is 10.7. The van der Waals surface area contributed by atoms with Gasteiger partial charge in [-0.2, -0.15) is 0 Å². The molecule has 0 unspecified atom stereocenters. The summed E-state index contributed by atoms with van der Waals surface area (Å²) in [5.41, 5.74) is 1.33. The number of aromatic nitrogens is 3. The SMILES string of the molecule is COC[C@@H]1CN(C(=O)c2cccc(C)n2)Cc2nccn2C1. The highest BCUT2D eigenvalue weighted by molar-refractivity contribution is 5.92. The first kappa shape index (κ1) is 14.7. The van der Waals surface area contributed by atoms with Gasteiger partial charge in [-0.15, -0.1) is 0 Å². The molecule has 0 aliphatic carbocycles. The first-order valence-corrected chi connectivity index (χ1v) is 7.39. The van der Waals surface area contributed by atoms with Crippen molar-refractivity contribution in [2.75, 3.05) is 20.3 Å². The van der Waals surface area contributed by atoms with Gasteiger partial charge in [0, 0.05) is 44.2 Å². The molecule has 1 amide bonds. The summed E-state index contributed by atoms with van der Waals surface area (Å²) in [6.45, 7) is 4.46. The van der Waals surface area contributed by atoms with Crippen molar-refractivity contribution < 1.29 is 9.53 Å². The van der Waals surface area contributed by atoms with E-state index in [9.17, 15) is 4.79 Å². The fraction of sp³-hybridized carbons (Fsp3) is 0.438. The highest BCUT2D eigenvalue weighted by atomic mass is 16.5. The third-order valence-electron chi connectivity index (χ3n) is 3.86. The molecule has 0 radical (unpaired) electrons. The number of hydrogen-bond donors (Lipinski definition) is 0. The maximum Gasteiger partial charge on any atom is 0.272 e. The van der Waals surface area contributed by atoms with Crippen LogP contribution in [0.5, 0.6) is 0 Å². The molecule has 116 valence electrons. The Morgan fingerprint density at radius 1 is 1.41 bits per heavy atom. The molecule has 0 aromatic carbocycles. The molecule has 1 aliphatic heterocycles. The molecule has 6 nitrogen and oxygen atoms in total. The standard InChI is InChI=1S/C16H20N4O2/c1-12-4-3-5-14(18-12)16(21)20-9-13(11-22-2)8-19-7-6-17-15(19)10-20/h3-7,13H,8-11H2,1-2H3/t13-/m0/s1. The highest BCUT2D eigenvalue weighted by Gasteiger charge is 2.26. The van der Waals surface area contributed by atoms with Crippen molar-refractivity contribution in [3.05, 3.63) is 47.8 Å². The Hall–Kier alpha value is -2.21. The molecule has 1 aliphatic rings. The summed E-state index contributed by atoms with van der Waals surface area (Å²) in [6.07, 6.45) is 3.73. The Balaban J connectivity index is 1.87. The second-order valence-corrected chi connectivity index (χ2v) is 5.67. The number of nitrogens with zero attached hydrogens (tertiary/aromatic N) is 4. The summed E-state index contributed by atoms with van der Waals surface area (Å²) in [7, 11) is 1.69. The van der Waals surface area contributed by atoms with E-state index in [4.69, 9.17) is 4.74 Å². The Bertz CT molecular complexity index is 668. The molecule has 0 saturated heterocycles. The minimum atomic E-state index is -0.0544. The van der Waals surface area contributed by atoms with E-state index in [0.29, 0.717) is 25.4 Å². The summed E-state index contributed by atoms with van der Waals surface area (Å²) in [6, 6.07) is 5.51. The van der Waals surface area contributed by atoms with Gasteiger partial charge in [0.15, 0.2) is 0 Å². The number of aryl methyl sites for hydroxylation is 1.